The molecule has 2 heterocycles. The van der Waals surface area contributed by atoms with Crippen molar-refractivity contribution in [3.8, 4) is 17.1 Å². The fourth-order valence-corrected chi connectivity index (χ4v) is 4.94. The quantitative estimate of drug-likeness (QED) is 0.488. The minimum absolute atomic E-state index is 0.351. The fraction of sp³-hybridized carbons (Fsp3) is 0.360. The third-order valence-electron chi connectivity index (χ3n) is 5.93. The zero-order valence-corrected chi connectivity index (χ0v) is 20.6. The molecule has 2 aromatic carbocycles. The Kier molecular flexibility index (Phi) is 7.45. The number of hydrogen-bond donors (Lipinski definition) is 0. The highest BCUT2D eigenvalue weighted by atomic mass is 32.2. The Morgan fingerprint density at radius 2 is 1.59 bits per heavy atom. The highest BCUT2D eigenvalue weighted by Crippen LogP contribution is 2.29. The summed E-state index contributed by atoms with van der Waals surface area (Å²) in [6.45, 7) is 2.31. The summed E-state index contributed by atoms with van der Waals surface area (Å²) in [5, 5.41) is 0. The van der Waals surface area contributed by atoms with Crippen LogP contribution >= 0.6 is 0 Å². The van der Waals surface area contributed by atoms with Crippen molar-refractivity contribution >= 4 is 15.8 Å². The van der Waals surface area contributed by atoms with Crippen LogP contribution in [0.5, 0.6) is 5.75 Å². The zero-order chi connectivity index (χ0) is 24.1. The Labute approximate surface area is 201 Å². The van der Waals surface area contributed by atoms with E-state index in [9.17, 15) is 8.42 Å². The summed E-state index contributed by atoms with van der Waals surface area (Å²) in [5.74, 6) is 2.25. The number of aromatic nitrogens is 2. The maximum absolute atomic E-state index is 12.0. The second-order valence-corrected chi connectivity index (χ2v) is 10.3. The number of nitrogens with zero attached hydrogens (tertiary/aromatic N) is 4. The van der Waals surface area contributed by atoms with E-state index in [-0.39, 0.29) is 0 Å². The second-order valence-electron chi connectivity index (χ2n) is 8.27. The van der Waals surface area contributed by atoms with Crippen molar-refractivity contribution in [1.82, 2.24) is 14.3 Å². The number of benzene rings is 2. The molecule has 1 saturated heterocycles. The molecule has 1 fully saturated rings. The number of piperazine rings is 1. The Balaban J connectivity index is 1.77. The van der Waals surface area contributed by atoms with Gasteiger partial charge in [0.2, 0.25) is 10.0 Å². The van der Waals surface area contributed by atoms with Crippen LogP contribution in [0.25, 0.3) is 11.4 Å². The van der Waals surface area contributed by atoms with Crippen LogP contribution in [0, 0.1) is 0 Å². The fourth-order valence-electron chi connectivity index (χ4n) is 4.11. The van der Waals surface area contributed by atoms with Crippen LogP contribution in [0.1, 0.15) is 16.8 Å². The van der Waals surface area contributed by atoms with Gasteiger partial charge in [-0.15, -0.1) is 0 Å². The van der Waals surface area contributed by atoms with Gasteiger partial charge in [0, 0.05) is 50.8 Å². The van der Waals surface area contributed by atoms with E-state index in [1.807, 2.05) is 54.6 Å². The smallest absolute Gasteiger partial charge is 0.211 e. The van der Waals surface area contributed by atoms with Crippen LogP contribution in [-0.2, 0) is 27.8 Å². The average molecular weight is 483 g/mol. The van der Waals surface area contributed by atoms with Crippen LogP contribution in [0.3, 0.4) is 0 Å². The van der Waals surface area contributed by atoms with Crippen molar-refractivity contribution in [3.05, 3.63) is 71.4 Å². The molecular weight excluding hydrogens is 452 g/mol. The number of anilines is 1. The van der Waals surface area contributed by atoms with Crippen LogP contribution in [0.4, 0.5) is 5.82 Å². The Morgan fingerprint density at radius 1 is 0.912 bits per heavy atom. The van der Waals surface area contributed by atoms with E-state index >= 15 is 0 Å². The summed E-state index contributed by atoms with van der Waals surface area (Å²) in [4.78, 5) is 12.0. The van der Waals surface area contributed by atoms with Gasteiger partial charge in [-0.25, -0.2) is 18.4 Å². The minimum atomic E-state index is -3.22. The maximum atomic E-state index is 12.0. The summed E-state index contributed by atoms with van der Waals surface area (Å²) in [6.07, 6.45) is 1.88. The van der Waals surface area contributed by atoms with E-state index in [4.69, 9.17) is 19.4 Å². The van der Waals surface area contributed by atoms with Gasteiger partial charge in [-0.2, -0.15) is 4.31 Å². The van der Waals surface area contributed by atoms with E-state index in [0.29, 0.717) is 45.0 Å². The molecule has 3 aromatic rings. The SMILES string of the molecule is COCc1nc(-c2ccccc2)nc(N2CCN(S(C)(=O)=O)CC2)c1Cc1ccc(OC)cc1. The van der Waals surface area contributed by atoms with Gasteiger partial charge in [0.1, 0.15) is 11.6 Å². The molecule has 4 rings (SSSR count). The van der Waals surface area contributed by atoms with Crippen LogP contribution in [-0.4, -0.2) is 69.3 Å². The molecule has 9 heteroatoms. The molecular formula is C25H30N4O4S. The highest BCUT2D eigenvalue weighted by molar-refractivity contribution is 7.88. The Hall–Kier alpha value is -3.01. The lowest BCUT2D eigenvalue weighted by molar-refractivity contribution is 0.180. The molecule has 0 N–H and O–H groups in total. The van der Waals surface area contributed by atoms with Crippen LogP contribution in [0.2, 0.25) is 0 Å². The van der Waals surface area contributed by atoms with Crippen molar-refractivity contribution in [3.63, 3.8) is 0 Å². The molecule has 8 nitrogen and oxygen atoms in total. The van der Waals surface area contributed by atoms with E-state index < -0.39 is 10.0 Å². The molecule has 0 saturated carbocycles. The van der Waals surface area contributed by atoms with E-state index in [1.54, 1.807) is 14.2 Å². The van der Waals surface area contributed by atoms with Gasteiger partial charge in [0.05, 0.1) is 25.7 Å². The summed E-state index contributed by atoms with van der Waals surface area (Å²) < 4.78 is 36.4. The highest BCUT2D eigenvalue weighted by Gasteiger charge is 2.27. The third kappa shape index (κ3) is 5.55. The molecule has 34 heavy (non-hydrogen) atoms. The summed E-state index contributed by atoms with van der Waals surface area (Å²) in [5.41, 5.74) is 3.84. The minimum Gasteiger partial charge on any atom is -0.497 e. The standard InChI is InChI=1S/C25H30N4O4S/c1-32-18-23-22(17-19-9-11-21(33-2)12-10-19)25(27-24(26-23)20-7-5-4-6-8-20)28-13-15-29(16-14-28)34(3,30)31/h4-12H,13-18H2,1-3H3. The van der Waals surface area contributed by atoms with E-state index in [0.717, 1.165) is 34.0 Å². The van der Waals surface area contributed by atoms with Gasteiger partial charge < -0.3 is 14.4 Å². The normalized spacial score (nSPS) is 14.9. The summed E-state index contributed by atoms with van der Waals surface area (Å²) in [7, 11) is 0.0850. The van der Waals surface area contributed by atoms with Crippen molar-refractivity contribution < 1.29 is 17.9 Å². The van der Waals surface area contributed by atoms with Crippen molar-refractivity contribution in [2.24, 2.45) is 0 Å². The number of sulfonamides is 1. The number of ether oxygens (including phenoxy) is 2. The van der Waals surface area contributed by atoms with Gasteiger partial charge in [-0.1, -0.05) is 42.5 Å². The Morgan fingerprint density at radius 3 is 2.18 bits per heavy atom. The molecule has 0 aliphatic carbocycles. The van der Waals surface area contributed by atoms with Crippen LogP contribution < -0.4 is 9.64 Å². The molecule has 0 amide bonds. The number of methoxy groups -OCH3 is 2. The molecule has 1 aromatic heterocycles. The molecule has 1 aliphatic rings. The van der Waals surface area contributed by atoms with Gasteiger partial charge in [-0.3, -0.25) is 0 Å². The van der Waals surface area contributed by atoms with Crippen LogP contribution in [0.15, 0.2) is 54.6 Å². The maximum Gasteiger partial charge on any atom is 0.211 e. The van der Waals surface area contributed by atoms with Crippen molar-refractivity contribution in [2.75, 3.05) is 51.6 Å². The first-order chi connectivity index (χ1) is 16.4. The third-order valence-corrected chi connectivity index (χ3v) is 7.23. The van der Waals surface area contributed by atoms with Crippen molar-refractivity contribution in [1.29, 1.82) is 0 Å². The average Bonchev–Trinajstić information content (AvgIpc) is 2.85. The first-order valence-corrected chi connectivity index (χ1v) is 13.0. The van der Waals surface area contributed by atoms with E-state index in [2.05, 4.69) is 4.90 Å². The van der Waals surface area contributed by atoms with Gasteiger partial charge in [-0.05, 0) is 17.7 Å². The van der Waals surface area contributed by atoms with Gasteiger partial charge in [0.25, 0.3) is 0 Å². The molecule has 0 unspecified atom stereocenters. The molecule has 1 aliphatic heterocycles. The van der Waals surface area contributed by atoms with Gasteiger partial charge >= 0.3 is 0 Å². The predicted octanol–water partition coefficient (Wildman–Crippen LogP) is 2.97. The monoisotopic (exact) mass is 482 g/mol. The van der Waals surface area contributed by atoms with Crippen molar-refractivity contribution in [2.45, 2.75) is 13.0 Å². The first kappa shape index (κ1) is 24.1. The topological polar surface area (TPSA) is 84.9 Å². The Bertz CT molecular complexity index is 1210. The lowest BCUT2D eigenvalue weighted by Crippen LogP contribution is -2.49. The second kappa shape index (κ2) is 10.5. The first-order valence-electron chi connectivity index (χ1n) is 11.2. The summed E-state index contributed by atoms with van der Waals surface area (Å²) >= 11 is 0. The zero-order valence-electron chi connectivity index (χ0n) is 19.8. The molecule has 0 atom stereocenters. The van der Waals surface area contributed by atoms with Gasteiger partial charge in [0.15, 0.2) is 5.82 Å². The van der Waals surface area contributed by atoms with E-state index in [1.165, 1.54) is 10.6 Å². The largest absolute Gasteiger partial charge is 0.497 e. The molecule has 0 radical (unpaired) electrons. The predicted molar refractivity (Wildman–Crippen MR) is 133 cm³/mol. The number of hydrogen-bond acceptors (Lipinski definition) is 7. The lowest BCUT2D eigenvalue weighted by atomic mass is 10.0. The lowest BCUT2D eigenvalue weighted by Gasteiger charge is -2.35. The molecule has 0 spiro atoms. The summed E-state index contributed by atoms with van der Waals surface area (Å²) in [6, 6.07) is 17.8. The molecule has 180 valence electrons. The number of rotatable bonds is 8. The molecule has 0 bridgehead atoms.